The van der Waals surface area contributed by atoms with Gasteiger partial charge in [-0.3, -0.25) is 79.6 Å². The normalized spacial score (nSPS) is 19.6. The number of para-hydroxylation sites is 4. The van der Waals surface area contributed by atoms with Crippen molar-refractivity contribution in [2.24, 2.45) is 0 Å². The third-order valence-corrected chi connectivity index (χ3v) is 26.7. The lowest BCUT2D eigenvalue weighted by Crippen LogP contribution is -2.62. The van der Waals surface area contributed by atoms with Crippen LogP contribution in [0.4, 0.5) is 11.4 Å². The average molecular weight is 1950 g/mol. The molecular formula is C99H161N23O17. The summed E-state index contributed by atoms with van der Waals surface area (Å²) in [7, 11) is 3.40. The van der Waals surface area contributed by atoms with Gasteiger partial charge in [-0.15, -0.1) is 0 Å². The van der Waals surface area contributed by atoms with Gasteiger partial charge in [-0.05, 0) is 175 Å². The molecule has 40 nitrogen and oxygen atoms in total. The van der Waals surface area contributed by atoms with Crippen LogP contribution in [0, 0.1) is 0 Å². The Morgan fingerprint density at radius 3 is 1.30 bits per heavy atom. The third kappa shape index (κ3) is 35.2. The van der Waals surface area contributed by atoms with Gasteiger partial charge in [0.15, 0.2) is 0 Å². The highest BCUT2D eigenvalue weighted by Gasteiger charge is 2.38. The van der Waals surface area contributed by atoms with Crippen molar-refractivity contribution in [3.8, 4) is 0 Å². The molecule has 4 aromatic carbocycles. The lowest BCUT2D eigenvalue weighted by Gasteiger charge is -2.35. The highest BCUT2D eigenvalue weighted by atomic mass is 16.4. The van der Waals surface area contributed by atoms with Crippen molar-refractivity contribution in [1.82, 2.24) is 107 Å². The number of rotatable bonds is 57. The number of hydrogen-bond donors (Lipinski definition) is 22. The number of H-pyrrole nitrogens is 2. The number of likely N-dealkylation sites (N-methyl/N-ethyl adjacent to an activating group) is 3. The van der Waals surface area contributed by atoms with Crippen LogP contribution < -0.4 is 58.5 Å². The zero-order chi connectivity index (χ0) is 101. The molecule has 0 radical (unpaired) electrons. The Bertz CT molecular complexity index is 4700. The van der Waals surface area contributed by atoms with Crippen molar-refractivity contribution in [3.05, 3.63) is 119 Å². The molecule has 3 aliphatic heterocycles. The van der Waals surface area contributed by atoms with E-state index in [9.17, 15) is 84.3 Å². The summed E-state index contributed by atoms with van der Waals surface area (Å²) in [6.07, 6.45) is -7.31. The van der Waals surface area contributed by atoms with Crippen LogP contribution in [-0.2, 0) is 54.9 Å². The highest BCUT2D eigenvalue weighted by molar-refractivity contribution is 5.96. The summed E-state index contributed by atoms with van der Waals surface area (Å²) in [5, 5.41) is 138. The molecule has 5 heterocycles. The Morgan fingerprint density at radius 1 is 0.439 bits per heavy atom. The van der Waals surface area contributed by atoms with E-state index in [0.29, 0.717) is 93.8 Å². The number of carbonyl (C=O) groups is 8. The summed E-state index contributed by atoms with van der Waals surface area (Å²) in [5.74, 6) is -4.32. The zero-order valence-electron chi connectivity index (χ0n) is 83.5. The number of aromatic nitrogens is 4. The largest absolute Gasteiger partial charge is 0.481 e. The van der Waals surface area contributed by atoms with Crippen LogP contribution in [0.3, 0.4) is 0 Å². The lowest BCUT2D eigenvalue weighted by atomic mass is 10.0. The van der Waals surface area contributed by atoms with Gasteiger partial charge >= 0.3 is 11.9 Å². The minimum Gasteiger partial charge on any atom is -0.481 e. The SMILES string of the molecule is CCC[C@H](N[C@@H](O)CCC(N[C@@H](O)[C@H](CCC)NC(=O)[C@H](CCC)N[C@@H](O)CN1CCN(CC)CCN(CC)CCN(CC)CC1)[C@@H](O)N[C@@H](CCC)C(=O)N[C@@H](CCC(=O)O)C(=O)NCCCN1Cc2cc(C(=O)N(C)Cc3nc4ccccc4[nH]3)ccc2N[C@@H](CC)[C@H]1O)C(=O)N[C@@H](CCC(=O)O)[C@H](O)NCCCN1Cc2cc(C(=O)N(C)Cc3nc4ccccc4[nH]3)ccc2N[C@@H](CC)[C@@H]1O. The minimum atomic E-state index is -1.77. The van der Waals surface area contributed by atoms with Crippen molar-refractivity contribution in [3.63, 3.8) is 0 Å². The van der Waals surface area contributed by atoms with Crippen molar-refractivity contribution >= 4 is 80.8 Å². The van der Waals surface area contributed by atoms with Crippen LogP contribution in [0.5, 0.6) is 0 Å². The predicted octanol–water partition coefficient (Wildman–Crippen LogP) is 3.69. The van der Waals surface area contributed by atoms with Crippen molar-refractivity contribution in [2.45, 2.75) is 302 Å². The molecule has 6 amide bonds. The van der Waals surface area contributed by atoms with E-state index in [-0.39, 0.29) is 122 Å². The van der Waals surface area contributed by atoms with Gasteiger partial charge in [0.05, 0.1) is 77.4 Å². The second-order valence-electron chi connectivity index (χ2n) is 37.3. The van der Waals surface area contributed by atoms with Crippen LogP contribution in [0.2, 0.25) is 0 Å². The van der Waals surface area contributed by atoms with E-state index in [1.54, 1.807) is 49.0 Å². The number of nitrogens with zero attached hydrogens (tertiary/aromatic N) is 10. The van der Waals surface area contributed by atoms with Crippen LogP contribution in [0.15, 0.2) is 84.9 Å². The maximum Gasteiger partial charge on any atom is 0.303 e. The molecule has 40 heteroatoms. The van der Waals surface area contributed by atoms with E-state index >= 15 is 0 Å². The number of carboxylic acids is 2. The molecule has 3 aliphatic rings. The Hall–Kier alpha value is -9.54. The first kappa shape index (κ1) is 113. The van der Waals surface area contributed by atoms with Gasteiger partial charge in [-0.25, -0.2) is 9.97 Å². The van der Waals surface area contributed by atoms with E-state index in [1.807, 2.05) is 111 Å². The molecule has 16 atom stereocenters. The van der Waals surface area contributed by atoms with Gasteiger partial charge < -0.3 is 112 Å². The molecule has 9 rings (SSSR count). The van der Waals surface area contributed by atoms with E-state index in [4.69, 9.17) is 0 Å². The molecule has 1 saturated heterocycles. The lowest BCUT2D eigenvalue weighted by molar-refractivity contribution is -0.138. The maximum atomic E-state index is 14.8. The highest BCUT2D eigenvalue weighted by Crippen LogP contribution is 2.31. The predicted molar refractivity (Wildman–Crippen MR) is 534 cm³/mol. The average Bonchev–Trinajstić information content (AvgIpc) is 1.78. The first-order valence-electron chi connectivity index (χ1n) is 50.5. The number of aliphatic hydroxyl groups is 7. The molecule has 0 bridgehead atoms. The monoisotopic (exact) mass is 1940 g/mol. The van der Waals surface area contributed by atoms with Gasteiger partial charge in [0.2, 0.25) is 23.6 Å². The molecular weight excluding hydrogens is 1780 g/mol. The molecule has 0 aliphatic carbocycles. The second-order valence-corrected chi connectivity index (χ2v) is 37.3. The number of nitrogens with one attached hydrogen (secondary N) is 13. The van der Waals surface area contributed by atoms with Gasteiger partial charge in [0.1, 0.15) is 61.3 Å². The third-order valence-electron chi connectivity index (χ3n) is 26.7. The Kier molecular flexibility index (Phi) is 47.3. The summed E-state index contributed by atoms with van der Waals surface area (Å²) in [6, 6.07) is 16.9. The molecule has 6 aromatic rings. The molecule has 0 spiro atoms. The number of carboxylic acid groups (broad SMARTS) is 2. The van der Waals surface area contributed by atoms with Crippen molar-refractivity contribution < 1.29 is 84.3 Å². The Labute approximate surface area is 818 Å². The van der Waals surface area contributed by atoms with E-state index < -0.39 is 140 Å². The first-order chi connectivity index (χ1) is 66.8. The smallest absolute Gasteiger partial charge is 0.303 e. The number of carbonyl (C=O) groups excluding carboxylic acids is 6. The molecule has 1 unspecified atom stereocenters. The molecule has 1 fully saturated rings. The Balaban J connectivity index is 0.871. The summed E-state index contributed by atoms with van der Waals surface area (Å²) < 4.78 is 0. The topological polar surface area (TPSA) is 534 Å². The number of hydrogen-bond acceptors (Lipinski definition) is 30. The van der Waals surface area contributed by atoms with Crippen LogP contribution in [0.25, 0.3) is 22.1 Å². The van der Waals surface area contributed by atoms with Crippen molar-refractivity contribution in [1.29, 1.82) is 0 Å². The molecule has 2 aromatic heterocycles. The molecule has 774 valence electrons. The number of imidazole rings is 2. The fraction of sp³-hybridized carbons (Fsp3) is 0.657. The summed E-state index contributed by atoms with van der Waals surface area (Å²) in [4.78, 5) is 143. The fourth-order valence-corrected chi connectivity index (χ4v) is 18.4. The molecule has 22 N–H and O–H groups in total. The number of β-amino-alcohol motifs (C(OH)–C–C–N with tert-alkyl or cyclic N) is 1. The zero-order valence-corrected chi connectivity index (χ0v) is 83.5. The van der Waals surface area contributed by atoms with Crippen molar-refractivity contribution in [2.75, 3.05) is 129 Å². The van der Waals surface area contributed by atoms with Crippen LogP contribution in [-0.4, -0.2) is 369 Å². The van der Waals surface area contributed by atoms with Gasteiger partial charge in [-0.1, -0.05) is 112 Å². The standard InChI is InChI=1S/C99H161N23O17/c1-12-27-76(91(131)112-80(40-43-87(125)126)89(129)100-45-25-47-121-59-66-57-64(35-37-70(66)102-68(16-5)98(121)138)96(136)115(10)61-83-104-72-31-21-22-32-73(72)105-83)108-85(123)42-39-82(114-94(134)79(30-15-4)110-92(132)77(28-13-2)109-86(124)63-120-55-53-118(19-8)51-49-117(18-7)50-52-119(20-9)54-56-120)95(135)111-78(29-14-3)93(133)113-81(41-44-88(127)128)90(130)101-46-26-48-122-60-67-58-65(36-38-71(67)103-69(17-6)99(122)139)97(137)116(11)62-84-106-74-33-23-24-34-75(74)107-84/h21-24,31-38,57-58,68-69,76-82,85-86,89,94-95,98-100,102-103,108-109,111,114,123-124,129,134-135,138-139H,12-20,25-30,39-56,59-63H2,1-11H3,(H,101,130)(H,104,105)(H,106,107)(H,110,132)(H,112,131)(H,113,133)(H,125,126)(H,127,128)/t68-,69-,76-,77-,78-,79-,80-,81-,82?,85-,86-,89-,94-,95+,98-,99+/m0/s1. The van der Waals surface area contributed by atoms with Crippen LogP contribution in [0.1, 0.15) is 221 Å². The summed E-state index contributed by atoms with van der Waals surface area (Å²) >= 11 is 0. The van der Waals surface area contributed by atoms with Gasteiger partial charge in [-0.2, -0.15) is 0 Å². The van der Waals surface area contributed by atoms with Crippen LogP contribution >= 0.6 is 0 Å². The number of fused-ring (bicyclic) bond motifs is 4. The van der Waals surface area contributed by atoms with Gasteiger partial charge in [0, 0.05) is 147 Å². The second kappa shape index (κ2) is 58.1. The quantitative estimate of drug-likeness (QED) is 0.0191. The summed E-state index contributed by atoms with van der Waals surface area (Å²) in [6.45, 7) is 29.1. The number of amides is 6. The first-order valence-corrected chi connectivity index (χ1v) is 50.5. The molecule has 0 saturated carbocycles. The molecule has 139 heavy (non-hydrogen) atoms. The maximum absolute atomic E-state index is 14.8. The minimum absolute atomic E-state index is 0.0305. The van der Waals surface area contributed by atoms with E-state index in [2.05, 4.69) is 119 Å². The number of aliphatic hydroxyl groups excluding tert-OH is 7. The number of aliphatic carboxylic acids is 2. The number of benzene rings is 4. The van der Waals surface area contributed by atoms with E-state index in [1.165, 1.54) is 0 Å². The van der Waals surface area contributed by atoms with Gasteiger partial charge in [0.25, 0.3) is 11.8 Å². The number of aromatic amines is 2. The van der Waals surface area contributed by atoms with E-state index in [0.717, 1.165) is 103 Å². The summed E-state index contributed by atoms with van der Waals surface area (Å²) in [5.41, 5.74) is 7.21. The Morgan fingerprint density at radius 2 is 0.856 bits per heavy atom. The fourth-order valence-electron chi connectivity index (χ4n) is 18.4. The number of anilines is 2.